The van der Waals surface area contributed by atoms with Gasteiger partial charge in [-0.2, -0.15) is 0 Å². The normalized spacial score (nSPS) is 22.9. The molecule has 0 spiro atoms. The van der Waals surface area contributed by atoms with Gasteiger partial charge < -0.3 is 29.2 Å². The number of benzene rings is 3. The number of hydrogen-bond acceptors (Lipinski definition) is 9. The summed E-state index contributed by atoms with van der Waals surface area (Å²) in [6.07, 6.45) is 0. The number of rotatable bonds is 0. The van der Waals surface area contributed by atoms with Gasteiger partial charge in [-0.15, -0.1) is 0 Å². The number of aromatic hydroxyl groups is 3. The molecule has 4 aromatic rings. The molecule has 7 rings (SSSR count). The number of carbonyl (C=O) groups is 2. The predicted octanol–water partition coefficient (Wildman–Crippen LogP) is 3.55. The Morgan fingerprint density at radius 2 is 1.03 bits per heavy atom. The summed E-state index contributed by atoms with van der Waals surface area (Å²) in [5.74, 6) is -1.73. The van der Waals surface area contributed by atoms with E-state index in [0.717, 1.165) is 16.5 Å². The summed E-state index contributed by atoms with van der Waals surface area (Å²) < 4.78 is 15.4. The van der Waals surface area contributed by atoms with Gasteiger partial charge in [0.25, 0.3) is 0 Å². The Morgan fingerprint density at radius 3 is 1.58 bits per heavy atom. The van der Waals surface area contributed by atoms with E-state index in [4.69, 9.17) is 19.0 Å². The van der Waals surface area contributed by atoms with E-state index in [9.17, 15) is 24.6 Å². The zero-order valence-electron chi connectivity index (χ0n) is 18.5. The maximum absolute atomic E-state index is 12.3. The van der Waals surface area contributed by atoms with Crippen molar-refractivity contribution >= 4 is 22.9 Å². The summed E-state index contributed by atoms with van der Waals surface area (Å²) >= 11 is 0. The minimum Gasteiger partial charge on any atom is -0.508 e. The summed E-state index contributed by atoms with van der Waals surface area (Å²) in [6.45, 7) is 0. The van der Waals surface area contributed by atoms with Gasteiger partial charge in [0.15, 0.2) is 0 Å². The SMILES string of the molecule is O=C1Oc2cc(O)ccc2C2C1C1C(=O)Oc3cc(O)ccc3C12.O=c1ccc2ccc(O)cc2o1. The molecule has 3 aromatic carbocycles. The molecule has 36 heavy (non-hydrogen) atoms. The van der Waals surface area contributed by atoms with E-state index in [-0.39, 0.29) is 29.1 Å². The van der Waals surface area contributed by atoms with Gasteiger partial charge in [-0.3, -0.25) is 9.59 Å². The van der Waals surface area contributed by atoms with Crippen molar-refractivity contribution in [1.82, 2.24) is 0 Å². The fraction of sp³-hybridized carbons (Fsp3) is 0.148. The van der Waals surface area contributed by atoms with E-state index >= 15 is 0 Å². The van der Waals surface area contributed by atoms with Crippen LogP contribution in [0.5, 0.6) is 28.7 Å². The maximum Gasteiger partial charge on any atom is 0.336 e. The molecule has 1 aliphatic carbocycles. The maximum atomic E-state index is 12.3. The minimum atomic E-state index is -0.582. The number of ether oxygens (including phenoxy) is 2. The van der Waals surface area contributed by atoms with Crippen LogP contribution in [0, 0.1) is 11.8 Å². The molecule has 0 bridgehead atoms. The van der Waals surface area contributed by atoms with Crippen LogP contribution in [0.15, 0.2) is 75.9 Å². The lowest BCUT2D eigenvalue weighted by Crippen LogP contribution is -2.57. The Labute approximate surface area is 202 Å². The van der Waals surface area contributed by atoms with Gasteiger partial charge >= 0.3 is 17.6 Å². The van der Waals surface area contributed by atoms with Crippen molar-refractivity contribution in [3.05, 3.63) is 88.3 Å². The lowest BCUT2D eigenvalue weighted by atomic mass is 9.51. The quantitative estimate of drug-likeness (QED) is 0.193. The fourth-order valence-corrected chi connectivity index (χ4v) is 5.28. The molecule has 3 N–H and O–H groups in total. The van der Waals surface area contributed by atoms with Crippen LogP contribution in [0.25, 0.3) is 11.0 Å². The number of phenols is 3. The Morgan fingerprint density at radius 1 is 0.556 bits per heavy atom. The van der Waals surface area contributed by atoms with Crippen molar-refractivity contribution in [3.8, 4) is 28.7 Å². The second-order valence-electron chi connectivity index (χ2n) is 8.87. The largest absolute Gasteiger partial charge is 0.508 e. The van der Waals surface area contributed by atoms with Gasteiger partial charge in [-0.1, -0.05) is 12.1 Å². The molecule has 3 aliphatic rings. The van der Waals surface area contributed by atoms with Gasteiger partial charge in [0.1, 0.15) is 34.3 Å². The first-order chi connectivity index (χ1) is 17.3. The van der Waals surface area contributed by atoms with E-state index in [1.54, 1.807) is 42.5 Å². The molecular weight excluding hydrogens is 468 g/mol. The summed E-state index contributed by atoms with van der Waals surface area (Å²) in [5, 5.41) is 29.1. The summed E-state index contributed by atoms with van der Waals surface area (Å²) in [6, 6.07) is 17.0. The highest BCUT2D eigenvalue weighted by Crippen LogP contribution is 2.64. The average molecular weight is 486 g/mol. The molecule has 9 heteroatoms. The monoisotopic (exact) mass is 486 g/mol. The van der Waals surface area contributed by atoms with Crippen molar-refractivity contribution in [2.24, 2.45) is 11.8 Å². The smallest absolute Gasteiger partial charge is 0.336 e. The van der Waals surface area contributed by atoms with Crippen LogP contribution in [-0.4, -0.2) is 27.3 Å². The van der Waals surface area contributed by atoms with Crippen LogP contribution in [0.4, 0.5) is 0 Å². The zero-order valence-corrected chi connectivity index (χ0v) is 18.5. The first-order valence-corrected chi connectivity index (χ1v) is 11.1. The molecular formula is C27H18O9. The van der Waals surface area contributed by atoms with Crippen LogP contribution in [0.1, 0.15) is 23.0 Å². The molecule has 4 unspecified atom stereocenters. The van der Waals surface area contributed by atoms with E-state index in [1.807, 2.05) is 0 Å². The molecule has 1 fully saturated rings. The Kier molecular flexibility index (Phi) is 4.75. The molecule has 0 amide bonds. The molecule has 0 radical (unpaired) electrons. The van der Waals surface area contributed by atoms with Gasteiger partial charge in [-0.05, 0) is 41.5 Å². The average Bonchev–Trinajstić information content (AvgIpc) is 2.80. The van der Waals surface area contributed by atoms with E-state index in [1.165, 1.54) is 24.3 Å². The van der Waals surface area contributed by atoms with Crippen molar-refractivity contribution in [3.63, 3.8) is 0 Å². The van der Waals surface area contributed by atoms with Crippen LogP contribution in [-0.2, 0) is 9.59 Å². The zero-order chi connectivity index (χ0) is 25.1. The molecule has 0 saturated heterocycles. The van der Waals surface area contributed by atoms with Gasteiger partial charge in [0.05, 0.1) is 11.8 Å². The third kappa shape index (κ3) is 3.36. The second-order valence-corrected chi connectivity index (χ2v) is 8.87. The first-order valence-electron chi connectivity index (χ1n) is 11.1. The van der Waals surface area contributed by atoms with E-state index in [2.05, 4.69) is 0 Å². The molecule has 2 aliphatic heterocycles. The van der Waals surface area contributed by atoms with E-state index < -0.39 is 29.4 Å². The lowest BCUT2D eigenvalue weighted by Gasteiger charge is -2.53. The van der Waals surface area contributed by atoms with Crippen molar-refractivity contribution in [1.29, 1.82) is 0 Å². The third-order valence-electron chi connectivity index (χ3n) is 6.83. The van der Waals surface area contributed by atoms with Crippen LogP contribution >= 0.6 is 0 Å². The van der Waals surface area contributed by atoms with Crippen molar-refractivity contribution in [2.75, 3.05) is 0 Å². The van der Waals surface area contributed by atoms with Gasteiger partial charge in [0, 0.05) is 41.5 Å². The fourth-order valence-electron chi connectivity index (χ4n) is 5.28. The predicted molar refractivity (Wildman–Crippen MR) is 124 cm³/mol. The highest BCUT2D eigenvalue weighted by atomic mass is 16.5. The Balaban J connectivity index is 0.000000168. The third-order valence-corrected chi connectivity index (χ3v) is 6.83. The van der Waals surface area contributed by atoms with Crippen molar-refractivity contribution < 1.29 is 38.8 Å². The molecule has 9 nitrogen and oxygen atoms in total. The molecule has 3 heterocycles. The number of carbonyl (C=O) groups excluding carboxylic acids is 2. The van der Waals surface area contributed by atoms with Crippen LogP contribution in [0.3, 0.4) is 0 Å². The molecule has 180 valence electrons. The lowest BCUT2D eigenvalue weighted by molar-refractivity contribution is -0.165. The number of esters is 2. The number of hydrogen-bond donors (Lipinski definition) is 3. The first kappa shape index (κ1) is 21.7. The Hall–Kier alpha value is -4.79. The topological polar surface area (TPSA) is 144 Å². The second kappa shape index (κ2) is 7.88. The van der Waals surface area contributed by atoms with Crippen LogP contribution in [0.2, 0.25) is 0 Å². The van der Waals surface area contributed by atoms with Crippen molar-refractivity contribution in [2.45, 2.75) is 11.8 Å². The van der Waals surface area contributed by atoms with E-state index in [0.29, 0.717) is 17.1 Å². The number of phenolic OH excluding ortho intramolecular Hbond substituents is 3. The van der Waals surface area contributed by atoms with Gasteiger partial charge in [-0.25, -0.2) is 4.79 Å². The van der Waals surface area contributed by atoms with Crippen LogP contribution < -0.4 is 15.1 Å². The highest BCUT2D eigenvalue weighted by Gasteiger charge is 2.64. The molecule has 1 saturated carbocycles. The molecule has 1 aromatic heterocycles. The molecule has 4 atom stereocenters. The standard InChI is InChI=1S/C18H12O6.C9H6O3/c19-7-1-3-9-11(5-7)23-17(21)15-13(9)14-10-4-2-8(20)6-12(10)24-18(22)16(14)15;10-7-3-1-6-2-4-9(11)12-8(6)5-7/h1-6,13-16,19-20H;1-5,10H. The summed E-state index contributed by atoms with van der Waals surface area (Å²) in [5.41, 5.74) is 1.59. The minimum absolute atomic E-state index is 0.0178. The number of fused-ring (bicyclic) bond motifs is 9. The Bertz CT molecular complexity index is 1540. The highest BCUT2D eigenvalue weighted by molar-refractivity contribution is 5.92. The summed E-state index contributed by atoms with van der Waals surface area (Å²) in [7, 11) is 0. The van der Waals surface area contributed by atoms with Gasteiger partial charge in [0.2, 0.25) is 0 Å². The summed E-state index contributed by atoms with van der Waals surface area (Å²) in [4.78, 5) is 35.4.